The van der Waals surface area contributed by atoms with Crippen LogP contribution in [0.15, 0.2) is 25.3 Å². The van der Waals surface area contributed by atoms with E-state index in [0.717, 1.165) is 6.08 Å². The van der Waals surface area contributed by atoms with Crippen LogP contribution in [0.1, 0.15) is 0 Å². The van der Waals surface area contributed by atoms with Gasteiger partial charge in [0.1, 0.15) is 0 Å². The van der Waals surface area contributed by atoms with Crippen molar-refractivity contribution in [3.8, 4) is 6.07 Å². The zero-order chi connectivity index (χ0) is 7.70. The number of rotatable bonds is 1. The molecular formula is C6H6ClNO. The highest BCUT2D eigenvalue weighted by molar-refractivity contribution is 6.66. The molecule has 9 heavy (non-hydrogen) atoms. The quantitative estimate of drug-likeness (QED) is 0.318. The average Bonchev–Trinajstić information content (AvgIpc) is 1.89. The van der Waals surface area contributed by atoms with Gasteiger partial charge in [0.25, 0.3) is 0 Å². The highest BCUT2D eigenvalue weighted by atomic mass is 35.5. The van der Waals surface area contributed by atoms with Crippen LogP contribution in [0.3, 0.4) is 0 Å². The van der Waals surface area contributed by atoms with Crippen LogP contribution in [-0.4, -0.2) is 5.24 Å². The van der Waals surface area contributed by atoms with Crippen LogP contribution < -0.4 is 0 Å². The molecule has 0 fully saturated rings. The van der Waals surface area contributed by atoms with E-state index in [-0.39, 0.29) is 0 Å². The zero-order valence-electron chi connectivity index (χ0n) is 4.80. The second-order valence-corrected chi connectivity index (χ2v) is 1.21. The van der Waals surface area contributed by atoms with E-state index in [1.165, 1.54) is 6.08 Å². The van der Waals surface area contributed by atoms with Gasteiger partial charge in [-0.3, -0.25) is 4.79 Å². The molecule has 48 valence electrons. The molecule has 0 aliphatic heterocycles. The van der Waals surface area contributed by atoms with Crippen molar-refractivity contribution in [3.05, 3.63) is 25.3 Å². The number of nitriles is 1. The molecule has 0 aromatic carbocycles. The Morgan fingerprint density at radius 2 is 1.89 bits per heavy atom. The van der Waals surface area contributed by atoms with Crippen molar-refractivity contribution in [3.63, 3.8) is 0 Å². The molecule has 0 radical (unpaired) electrons. The van der Waals surface area contributed by atoms with Crippen LogP contribution in [0, 0.1) is 11.3 Å². The lowest BCUT2D eigenvalue weighted by atomic mass is 10.7. The Morgan fingerprint density at radius 1 is 1.67 bits per heavy atom. The van der Waals surface area contributed by atoms with Gasteiger partial charge in [0.05, 0.1) is 6.07 Å². The summed E-state index contributed by atoms with van der Waals surface area (Å²) in [5.74, 6) is 0. The number of carbonyl (C=O) groups excluding carboxylic acids is 1. The van der Waals surface area contributed by atoms with Gasteiger partial charge in [-0.2, -0.15) is 5.26 Å². The number of nitrogens with zero attached hydrogens (tertiary/aromatic N) is 1. The van der Waals surface area contributed by atoms with Crippen molar-refractivity contribution in [2.45, 2.75) is 0 Å². The fourth-order valence-electron chi connectivity index (χ4n) is 0. The van der Waals surface area contributed by atoms with E-state index in [1.54, 1.807) is 6.07 Å². The molecule has 0 spiro atoms. The highest BCUT2D eigenvalue weighted by Crippen LogP contribution is 1.74. The lowest BCUT2D eigenvalue weighted by Gasteiger charge is -1.59. The summed E-state index contributed by atoms with van der Waals surface area (Å²) in [5, 5.41) is 7.00. The first-order valence-corrected chi connectivity index (χ1v) is 2.39. The minimum atomic E-state index is -0.509. The van der Waals surface area contributed by atoms with Gasteiger partial charge in [-0.1, -0.05) is 13.2 Å². The van der Waals surface area contributed by atoms with Crippen LogP contribution in [0.5, 0.6) is 0 Å². The first kappa shape index (κ1) is 10.8. The van der Waals surface area contributed by atoms with Crippen molar-refractivity contribution in [2.75, 3.05) is 0 Å². The second kappa shape index (κ2) is 10.0. The van der Waals surface area contributed by atoms with Gasteiger partial charge < -0.3 is 0 Å². The van der Waals surface area contributed by atoms with Crippen LogP contribution >= 0.6 is 11.6 Å². The summed E-state index contributed by atoms with van der Waals surface area (Å²) < 4.78 is 0. The van der Waals surface area contributed by atoms with Gasteiger partial charge in [-0.15, -0.1) is 0 Å². The van der Waals surface area contributed by atoms with Crippen molar-refractivity contribution in [1.29, 1.82) is 5.26 Å². The number of hydrogen-bond donors (Lipinski definition) is 0. The maximum atomic E-state index is 9.46. The molecule has 0 aliphatic rings. The number of halogens is 1. The molecule has 0 rings (SSSR count). The summed E-state index contributed by atoms with van der Waals surface area (Å²) in [6.45, 7) is 6.20. The molecule has 0 amide bonds. The van der Waals surface area contributed by atoms with E-state index in [1.807, 2.05) is 0 Å². The number of carbonyl (C=O) groups is 1. The third-order valence-electron chi connectivity index (χ3n) is 0.252. The topological polar surface area (TPSA) is 40.9 Å². The summed E-state index contributed by atoms with van der Waals surface area (Å²) in [6.07, 6.45) is 2.22. The first-order chi connectivity index (χ1) is 4.18. The van der Waals surface area contributed by atoms with Gasteiger partial charge in [0.15, 0.2) is 0 Å². The third-order valence-corrected chi connectivity index (χ3v) is 0.406. The van der Waals surface area contributed by atoms with Gasteiger partial charge in [-0.05, 0) is 17.7 Å². The Kier molecular flexibility index (Phi) is 12.1. The number of hydrogen-bond acceptors (Lipinski definition) is 2. The largest absolute Gasteiger partial charge is 0.276 e. The van der Waals surface area contributed by atoms with E-state index in [2.05, 4.69) is 13.2 Å². The monoisotopic (exact) mass is 143 g/mol. The van der Waals surface area contributed by atoms with E-state index in [4.69, 9.17) is 16.9 Å². The lowest BCUT2D eigenvalue weighted by Crippen LogP contribution is -1.67. The van der Waals surface area contributed by atoms with Crippen LogP contribution in [-0.2, 0) is 4.79 Å². The molecule has 0 saturated carbocycles. The normalized spacial score (nSPS) is 5.33. The molecule has 0 saturated heterocycles. The first-order valence-electron chi connectivity index (χ1n) is 2.01. The Labute approximate surface area is 59.0 Å². The summed E-state index contributed by atoms with van der Waals surface area (Å²) in [7, 11) is 0. The molecule has 2 nitrogen and oxygen atoms in total. The van der Waals surface area contributed by atoms with Crippen molar-refractivity contribution < 1.29 is 4.79 Å². The fraction of sp³-hybridized carbons (Fsp3) is 0. The minimum absolute atomic E-state index is 0.509. The molecule has 0 aromatic rings. The predicted octanol–water partition coefficient (Wildman–Crippen LogP) is 1.63. The van der Waals surface area contributed by atoms with Gasteiger partial charge >= 0.3 is 0 Å². The van der Waals surface area contributed by atoms with E-state index >= 15 is 0 Å². The Balaban J connectivity index is 0. The van der Waals surface area contributed by atoms with Crippen LogP contribution in [0.4, 0.5) is 0 Å². The van der Waals surface area contributed by atoms with Crippen molar-refractivity contribution >= 4 is 16.8 Å². The van der Waals surface area contributed by atoms with Crippen LogP contribution in [0.25, 0.3) is 0 Å². The lowest BCUT2D eigenvalue weighted by molar-refractivity contribution is -0.107. The standard InChI is InChI=1S/C3H3ClO.C3H3N/c1-2-3(4)5;1-2-3-4/h2H,1H2;2H,1H2. The van der Waals surface area contributed by atoms with E-state index in [0.29, 0.717) is 0 Å². The minimum Gasteiger partial charge on any atom is -0.276 e. The molecule has 0 unspecified atom stereocenters. The van der Waals surface area contributed by atoms with E-state index in [9.17, 15) is 4.79 Å². The maximum Gasteiger partial charge on any atom is 0.244 e. The maximum absolute atomic E-state index is 9.46. The predicted molar refractivity (Wildman–Crippen MR) is 36.9 cm³/mol. The average molecular weight is 144 g/mol. The van der Waals surface area contributed by atoms with E-state index < -0.39 is 5.24 Å². The van der Waals surface area contributed by atoms with Gasteiger partial charge in [-0.25, -0.2) is 0 Å². The summed E-state index contributed by atoms with van der Waals surface area (Å²) >= 11 is 4.71. The van der Waals surface area contributed by atoms with Crippen molar-refractivity contribution in [1.82, 2.24) is 0 Å². The SMILES string of the molecule is C=CC#N.C=CC(=O)Cl. The molecule has 0 aromatic heterocycles. The highest BCUT2D eigenvalue weighted by Gasteiger charge is 1.74. The molecule has 0 aliphatic carbocycles. The molecule has 0 heterocycles. The van der Waals surface area contributed by atoms with Crippen LogP contribution in [0.2, 0.25) is 0 Å². The van der Waals surface area contributed by atoms with Gasteiger partial charge in [0.2, 0.25) is 5.24 Å². The molecule has 0 N–H and O–H groups in total. The molecule has 3 heteroatoms. The summed E-state index contributed by atoms with van der Waals surface area (Å²) in [5.41, 5.74) is 0. The molecule has 0 bridgehead atoms. The number of allylic oxidation sites excluding steroid dienone is 2. The smallest absolute Gasteiger partial charge is 0.244 e. The Bertz CT molecular complexity index is 146. The third kappa shape index (κ3) is 45.2. The summed E-state index contributed by atoms with van der Waals surface area (Å²) in [6, 6.07) is 1.69. The Hall–Kier alpha value is -1.07. The molecular weight excluding hydrogens is 138 g/mol. The zero-order valence-corrected chi connectivity index (χ0v) is 5.56. The summed E-state index contributed by atoms with van der Waals surface area (Å²) in [4.78, 5) is 9.46. The second-order valence-electron chi connectivity index (χ2n) is 0.841. The Morgan fingerprint density at radius 3 is 1.89 bits per heavy atom. The van der Waals surface area contributed by atoms with Gasteiger partial charge in [0, 0.05) is 6.08 Å². The van der Waals surface area contributed by atoms with Crippen molar-refractivity contribution in [2.24, 2.45) is 0 Å². The fourth-order valence-corrected chi connectivity index (χ4v) is 0. The molecule has 0 atom stereocenters.